The number of aliphatic hydroxyl groups excluding tert-OH is 1. The Kier molecular flexibility index (Phi) is 7.08. The Morgan fingerprint density at radius 1 is 1.30 bits per heavy atom. The van der Waals surface area contributed by atoms with Crippen molar-refractivity contribution in [1.82, 2.24) is 9.80 Å². The molecule has 2 aromatic rings. The van der Waals surface area contributed by atoms with E-state index in [9.17, 15) is 9.90 Å². The summed E-state index contributed by atoms with van der Waals surface area (Å²) in [4.78, 5) is 18.9. The third-order valence-corrected chi connectivity index (χ3v) is 7.08. The van der Waals surface area contributed by atoms with E-state index < -0.39 is 0 Å². The summed E-state index contributed by atoms with van der Waals surface area (Å²) >= 11 is 1.77. The molecule has 2 atom stereocenters. The molecule has 0 saturated heterocycles. The summed E-state index contributed by atoms with van der Waals surface area (Å²) in [7, 11) is 0. The molecule has 1 N–H and O–H groups in total. The first-order chi connectivity index (χ1) is 14.6. The number of aliphatic hydroxyl groups is 1. The van der Waals surface area contributed by atoms with Crippen molar-refractivity contribution in [1.29, 1.82) is 0 Å². The topological polar surface area (TPSA) is 53.0 Å². The van der Waals surface area contributed by atoms with Crippen LogP contribution in [0.15, 0.2) is 41.8 Å². The second kappa shape index (κ2) is 9.94. The van der Waals surface area contributed by atoms with Gasteiger partial charge in [0, 0.05) is 24.5 Å². The predicted molar refractivity (Wildman–Crippen MR) is 120 cm³/mol. The van der Waals surface area contributed by atoms with Crippen LogP contribution in [-0.2, 0) is 11.2 Å². The third-order valence-electron chi connectivity index (χ3n) is 6.08. The van der Waals surface area contributed by atoms with E-state index in [2.05, 4.69) is 16.3 Å². The molecule has 2 heterocycles. The Hall–Kier alpha value is -1.89. The van der Waals surface area contributed by atoms with Crippen LogP contribution in [-0.4, -0.2) is 59.7 Å². The summed E-state index contributed by atoms with van der Waals surface area (Å²) < 4.78 is 6.07. The number of ether oxygens (including phenoxy) is 1. The average Bonchev–Trinajstić information content (AvgIpc) is 3.44. The molecule has 1 aliphatic carbocycles. The number of fused-ring (bicyclic) bond motifs is 1. The lowest BCUT2D eigenvalue weighted by Gasteiger charge is -2.37. The van der Waals surface area contributed by atoms with E-state index in [4.69, 9.17) is 4.74 Å². The highest BCUT2D eigenvalue weighted by molar-refractivity contribution is 7.10. The molecule has 1 saturated carbocycles. The summed E-state index contributed by atoms with van der Waals surface area (Å²) in [5.41, 5.74) is 1.22. The number of rotatable bonds is 10. The lowest BCUT2D eigenvalue weighted by atomic mass is 10.0. The Balaban J connectivity index is 1.46. The van der Waals surface area contributed by atoms with E-state index in [0.29, 0.717) is 32.0 Å². The lowest BCUT2D eigenvalue weighted by molar-refractivity contribution is -0.136. The molecule has 30 heavy (non-hydrogen) atoms. The van der Waals surface area contributed by atoms with Crippen LogP contribution in [0.2, 0.25) is 0 Å². The first-order valence-electron chi connectivity index (χ1n) is 11.1. The number of thiophene rings is 1. The fourth-order valence-corrected chi connectivity index (χ4v) is 5.07. The van der Waals surface area contributed by atoms with Crippen molar-refractivity contribution in [2.24, 2.45) is 5.92 Å². The van der Waals surface area contributed by atoms with Crippen LogP contribution in [0.3, 0.4) is 0 Å². The van der Waals surface area contributed by atoms with Crippen molar-refractivity contribution in [2.45, 2.75) is 44.8 Å². The number of carbonyl (C=O) groups is 1. The number of hydrogen-bond acceptors (Lipinski definition) is 5. The SMILES string of the molecule is CCC(O)CN(CC(=O)N1CCc2sccc2C1COc1ccccc1)CC1CC1. The summed E-state index contributed by atoms with van der Waals surface area (Å²) in [5, 5.41) is 12.3. The zero-order chi connectivity index (χ0) is 20.9. The van der Waals surface area contributed by atoms with Crippen LogP contribution in [0.1, 0.15) is 42.7 Å². The number of carbonyl (C=O) groups excluding carboxylic acids is 1. The smallest absolute Gasteiger partial charge is 0.237 e. The number of benzene rings is 1. The van der Waals surface area contributed by atoms with Crippen LogP contribution < -0.4 is 4.74 Å². The summed E-state index contributed by atoms with van der Waals surface area (Å²) in [5.74, 6) is 1.65. The van der Waals surface area contributed by atoms with Gasteiger partial charge in [-0.3, -0.25) is 9.69 Å². The van der Waals surface area contributed by atoms with Gasteiger partial charge in [0.25, 0.3) is 0 Å². The van der Waals surface area contributed by atoms with Crippen molar-refractivity contribution in [3.05, 3.63) is 52.2 Å². The van der Waals surface area contributed by atoms with E-state index in [-0.39, 0.29) is 18.1 Å². The highest BCUT2D eigenvalue weighted by Gasteiger charge is 2.34. The monoisotopic (exact) mass is 428 g/mol. The van der Waals surface area contributed by atoms with Gasteiger partial charge in [-0.05, 0) is 60.7 Å². The van der Waals surface area contributed by atoms with Gasteiger partial charge in [0.2, 0.25) is 5.91 Å². The standard InChI is InChI=1S/C24H32N2O3S/c1-2-19(27)15-25(14-18-8-9-18)16-24(28)26-12-10-23-21(11-13-30-23)22(26)17-29-20-6-4-3-5-7-20/h3-7,11,13,18-19,22,27H,2,8-10,12,14-17H2,1H3. The molecule has 2 unspecified atom stereocenters. The van der Waals surface area contributed by atoms with Crippen LogP contribution in [0.5, 0.6) is 5.75 Å². The minimum Gasteiger partial charge on any atom is -0.491 e. The quantitative estimate of drug-likeness (QED) is 0.626. The van der Waals surface area contributed by atoms with Gasteiger partial charge in [-0.15, -0.1) is 11.3 Å². The normalized spacial score (nSPS) is 19.6. The maximum absolute atomic E-state index is 13.4. The van der Waals surface area contributed by atoms with Crippen LogP contribution in [0.4, 0.5) is 0 Å². The van der Waals surface area contributed by atoms with Gasteiger partial charge < -0.3 is 14.7 Å². The molecular formula is C24H32N2O3S. The van der Waals surface area contributed by atoms with Gasteiger partial charge >= 0.3 is 0 Å². The number of nitrogens with zero attached hydrogens (tertiary/aromatic N) is 2. The van der Waals surface area contributed by atoms with E-state index >= 15 is 0 Å². The fraction of sp³-hybridized carbons (Fsp3) is 0.542. The summed E-state index contributed by atoms with van der Waals surface area (Å²) in [6.07, 6.45) is 3.72. The Bertz CT molecular complexity index is 821. The maximum atomic E-state index is 13.4. The van der Waals surface area contributed by atoms with E-state index in [1.165, 1.54) is 23.3 Å². The molecule has 4 rings (SSSR count). The van der Waals surface area contributed by atoms with Crippen molar-refractivity contribution in [2.75, 3.05) is 32.8 Å². The van der Waals surface area contributed by atoms with Crippen LogP contribution >= 0.6 is 11.3 Å². The second-order valence-corrected chi connectivity index (χ2v) is 9.48. The molecule has 1 aliphatic heterocycles. The molecule has 1 aromatic heterocycles. The van der Waals surface area contributed by atoms with Crippen molar-refractivity contribution in [3.63, 3.8) is 0 Å². The van der Waals surface area contributed by atoms with E-state index in [0.717, 1.165) is 25.3 Å². The van der Waals surface area contributed by atoms with Gasteiger partial charge in [-0.2, -0.15) is 0 Å². The summed E-state index contributed by atoms with van der Waals surface area (Å²) in [6.45, 7) is 5.02. The van der Waals surface area contributed by atoms with Crippen LogP contribution in [0, 0.1) is 5.92 Å². The predicted octanol–water partition coefficient (Wildman–Crippen LogP) is 3.74. The Morgan fingerprint density at radius 2 is 2.10 bits per heavy atom. The highest BCUT2D eigenvalue weighted by atomic mass is 32.1. The molecule has 1 amide bonds. The Labute approximate surface area is 183 Å². The second-order valence-electron chi connectivity index (χ2n) is 8.48. The number of amides is 1. The molecular weight excluding hydrogens is 396 g/mol. The third kappa shape index (κ3) is 5.42. The number of para-hydroxylation sites is 1. The van der Waals surface area contributed by atoms with Crippen LogP contribution in [0.25, 0.3) is 0 Å². The van der Waals surface area contributed by atoms with Gasteiger partial charge in [-0.1, -0.05) is 25.1 Å². The molecule has 162 valence electrons. The van der Waals surface area contributed by atoms with E-state index in [1.807, 2.05) is 42.2 Å². The average molecular weight is 429 g/mol. The molecule has 0 radical (unpaired) electrons. The van der Waals surface area contributed by atoms with Crippen molar-refractivity contribution < 1.29 is 14.6 Å². The number of hydrogen-bond donors (Lipinski definition) is 1. The van der Waals surface area contributed by atoms with Gasteiger partial charge in [0.05, 0.1) is 18.7 Å². The van der Waals surface area contributed by atoms with E-state index in [1.54, 1.807) is 11.3 Å². The van der Waals surface area contributed by atoms with Crippen molar-refractivity contribution >= 4 is 17.2 Å². The summed E-state index contributed by atoms with van der Waals surface area (Å²) in [6, 6.07) is 11.9. The van der Waals surface area contributed by atoms with Gasteiger partial charge in [0.15, 0.2) is 0 Å². The first kappa shape index (κ1) is 21.3. The fourth-order valence-electron chi connectivity index (χ4n) is 4.14. The van der Waals surface area contributed by atoms with Gasteiger partial charge in [0.1, 0.15) is 12.4 Å². The molecule has 0 spiro atoms. The zero-order valence-electron chi connectivity index (χ0n) is 17.7. The molecule has 1 aromatic carbocycles. The first-order valence-corrected chi connectivity index (χ1v) is 12.0. The molecule has 6 heteroatoms. The largest absolute Gasteiger partial charge is 0.491 e. The highest BCUT2D eigenvalue weighted by Crippen LogP contribution is 2.34. The Morgan fingerprint density at radius 3 is 2.83 bits per heavy atom. The molecule has 0 bridgehead atoms. The minimum absolute atomic E-state index is 0.0634. The molecule has 5 nitrogen and oxygen atoms in total. The zero-order valence-corrected chi connectivity index (χ0v) is 18.5. The van der Waals surface area contributed by atoms with Gasteiger partial charge in [-0.25, -0.2) is 0 Å². The molecule has 2 aliphatic rings. The minimum atomic E-state index is -0.376. The maximum Gasteiger partial charge on any atom is 0.237 e. The molecule has 1 fully saturated rings. The van der Waals surface area contributed by atoms with Crippen molar-refractivity contribution in [3.8, 4) is 5.75 Å². The lowest BCUT2D eigenvalue weighted by Crippen LogP contribution is -2.48.